The van der Waals surface area contributed by atoms with Crippen LogP contribution in [0.5, 0.6) is 0 Å². The minimum absolute atomic E-state index is 0.379. The highest BCUT2D eigenvalue weighted by Gasteiger charge is 2.21. The number of carbonyl (C=O) groups excluding carboxylic acids is 1. The van der Waals surface area contributed by atoms with E-state index < -0.39 is 0 Å². The second-order valence-corrected chi connectivity index (χ2v) is 5.62. The molecule has 1 saturated heterocycles. The van der Waals surface area contributed by atoms with Gasteiger partial charge in [0.25, 0.3) is 0 Å². The van der Waals surface area contributed by atoms with Gasteiger partial charge in [-0.1, -0.05) is 36.4 Å². The number of carbonyl (C=O) groups is 1. The number of primary amides is 1. The molecule has 0 spiro atoms. The van der Waals surface area contributed by atoms with Crippen LogP contribution in [-0.2, 0) is 0 Å². The number of rotatable bonds is 3. The zero-order chi connectivity index (χ0) is 15.5. The molecule has 1 aliphatic heterocycles. The summed E-state index contributed by atoms with van der Waals surface area (Å²) < 4.78 is 0. The number of piperazine rings is 1. The molecule has 4 heteroatoms. The van der Waals surface area contributed by atoms with Crippen LogP contribution in [0.15, 0.2) is 42.5 Å². The van der Waals surface area contributed by atoms with Crippen LogP contribution in [-0.4, -0.2) is 32.1 Å². The maximum Gasteiger partial charge on any atom is 0.249 e. The summed E-state index contributed by atoms with van der Waals surface area (Å²) in [6.45, 7) is 5.86. The predicted octanol–water partition coefficient (Wildman–Crippen LogP) is 2.17. The summed E-state index contributed by atoms with van der Waals surface area (Å²) >= 11 is 0. The van der Waals surface area contributed by atoms with Crippen molar-refractivity contribution >= 4 is 11.6 Å². The Bertz CT molecular complexity index is 676. The van der Waals surface area contributed by atoms with Crippen molar-refractivity contribution in [3.8, 4) is 11.1 Å². The summed E-state index contributed by atoms with van der Waals surface area (Å²) in [5.41, 5.74) is 10.5. The van der Waals surface area contributed by atoms with E-state index in [0.717, 1.165) is 43.0 Å². The molecule has 2 aromatic rings. The maximum atomic E-state index is 11.9. The fraction of sp³-hybridized carbons (Fsp3) is 0.278. The lowest BCUT2D eigenvalue weighted by Gasteiger charge is -2.33. The van der Waals surface area contributed by atoms with Crippen molar-refractivity contribution in [2.75, 3.05) is 31.1 Å². The monoisotopic (exact) mass is 295 g/mol. The lowest BCUT2D eigenvalue weighted by atomic mass is 9.93. The first-order valence-electron chi connectivity index (χ1n) is 7.63. The molecule has 22 heavy (non-hydrogen) atoms. The normalized spacial score (nSPS) is 14.9. The highest BCUT2D eigenvalue weighted by molar-refractivity contribution is 6.04. The Morgan fingerprint density at radius 2 is 1.77 bits per heavy atom. The topological polar surface area (TPSA) is 58.4 Å². The molecule has 0 saturated carbocycles. The minimum atomic E-state index is -0.379. The number of hydrogen-bond donors (Lipinski definition) is 2. The molecule has 3 rings (SSSR count). The average Bonchev–Trinajstić information content (AvgIpc) is 2.56. The summed E-state index contributed by atoms with van der Waals surface area (Å²) in [7, 11) is 0. The van der Waals surface area contributed by atoms with Gasteiger partial charge < -0.3 is 16.0 Å². The van der Waals surface area contributed by atoms with E-state index in [2.05, 4.69) is 17.1 Å². The molecule has 1 fully saturated rings. The standard InChI is InChI=1S/C18H21N3O/c1-13-7-8-15(18(19)22)16(14-5-3-2-4-6-14)17(13)21-11-9-20-10-12-21/h2-8,20H,9-12H2,1H3,(H2,19,22). The zero-order valence-corrected chi connectivity index (χ0v) is 12.8. The van der Waals surface area contributed by atoms with Gasteiger partial charge in [0.2, 0.25) is 5.91 Å². The first-order valence-corrected chi connectivity index (χ1v) is 7.63. The molecular formula is C18H21N3O. The van der Waals surface area contributed by atoms with Crippen molar-refractivity contribution < 1.29 is 4.79 Å². The lowest BCUT2D eigenvalue weighted by Crippen LogP contribution is -2.44. The van der Waals surface area contributed by atoms with Crippen LogP contribution in [0.4, 0.5) is 5.69 Å². The van der Waals surface area contributed by atoms with Crippen LogP contribution < -0.4 is 16.0 Å². The highest BCUT2D eigenvalue weighted by atomic mass is 16.1. The van der Waals surface area contributed by atoms with Gasteiger partial charge in [-0.3, -0.25) is 4.79 Å². The minimum Gasteiger partial charge on any atom is -0.368 e. The Balaban J connectivity index is 2.22. The Morgan fingerprint density at radius 1 is 1.09 bits per heavy atom. The number of amides is 1. The van der Waals surface area contributed by atoms with Gasteiger partial charge in [-0.25, -0.2) is 0 Å². The summed E-state index contributed by atoms with van der Waals surface area (Å²) in [6.07, 6.45) is 0. The van der Waals surface area contributed by atoms with E-state index in [1.807, 2.05) is 42.5 Å². The Labute approximate surface area is 130 Å². The van der Waals surface area contributed by atoms with Crippen LogP contribution in [0.2, 0.25) is 0 Å². The zero-order valence-electron chi connectivity index (χ0n) is 12.8. The summed E-state index contributed by atoms with van der Waals surface area (Å²) in [5.74, 6) is -0.379. The van der Waals surface area contributed by atoms with E-state index in [-0.39, 0.29) is 5.91 Å². The molecule has 114 valence electrons. The molecular weight excluding hydrogens is 274 g/mol. The average molecular weight is 295 g/mol. The lowest BCUT2D eigenvalue weighted by molar-refractivity contribution is 0.100. The van der Waals surface area contributed by atoms with E-state index in [1.54, 1.807) is 0 Å². The SMILES string of the molecule is Cc1ccc(C(N)=O)c(-c2ccccc2)c1N1CCNCC1. The number of nitrogens with zero attached hydrogens (tertiary/aromatic N) is 1. The largest absolute Gasteiger partial charge is 0.368 e. The van der Waals surface area contributed by atoms with Gasteiger partial charge >= 0.3 is 0 Å². The molecule has 0 aromatic heterocycles. The second-order valence-electron chi connectivity index (χ2n) is 5.62. The fourth-order valence-corrected chi connectivity index (χ4v) is 3.09. The van der Waals surface area contributed by atoms with Crippen LogP contribution in [0.1, 0.15) is 15.9 Å². The summed E-state index contributed by atoms with van der Waals surface area (Å²) in [4.78, 5) is 14.3. The third-order valence-electron chi connectivity index (χ3n) is 4.14. The predicted molar refractivity (Wildman–Crippen MR) is 90.2 cm³/mol. The van der Waals surface area contributed by atoms with Crippen molar-refractivity contribution in [2.24, 2.45) is 5.73 Å². The van der Waals surface area contributed by atoms with E-state index in [1.165, 1.54) is 5.56 Å². The van der Waals surface area contributed by atoms with Gasteiger partial charge in [0, 0.05) is 43.0 Å². The maximum absolute atomic E-state index is 11.9. The third-order valence-corrected chi connectivity index (χ3v) is 4.14. The van der Waals surface area contributed by atoms with Gasteiger partial charge in [-0.15, -0.1) is 0 Å². The number of aryl methyl sites for hydroxylation is 1. The van der Waals surface area contributed by atoms with Crippen LogP contribution in [0, 0.1) is 6.92 Å². The Morgan fingerprint density at radius 3 is 2.41 bits per heavy atom. The molecule has 4 nitrogen and oxygen atoms in total. The smallest absolute Gasteiger partial charge is 0.249 e. The first-order chi connectivity index (χ1) is 10.7. The fourth-order valence-electron chi connectivity index (χ4n) is 3.09. The van der Waals surface area contributed by atoms with Crippen molar-refractivity contribution in [3.05, 3.63) is 53.6 Å². The van der Waals surface area contributed by atoms with E-state index in [0.29, 0.717) is 5.56 Å². The number of nitrogens with two attached hydrogens (primary N) is 1. The number of anilines is 1. The molecule has 1 heterocycles. The van der Waals surface area contributed by atoms with Crippen LogP contribution >= 0.6 is 0 Å². The van der Waals surface area contributed by atoms with Gasteiger partial charge in [-0.2, -0.15) is 0 Å². The Hall–Kier alpha value is -2.33. The second kappa shape index (κ2) is 6.20. The first kappa shape index (κ1) is 14.6. The molecule has 0 aliphatic carbocycles. The molecule has 0 unspecified atom stereocenters. The van der Waals surface area contributed by atoms with Crippen molar-refractivity contribution in [2.45, 2.75) is 6.92 Å². The molecule has 0 atom stereocenters. The van der Waals surface area contributed by atoms with Crippen molar-refractivity contribution in [1.29, 1.82) is 0 Å². The van der Waals surface area contributed by atoms with Crippen molar-refractivity contribution in [3.63, 3.8) is 0 Å². The molecule has 0 bridgehead atoms. The van der Waals surface area contributed by atoms with Crippen molar-refractivity contribution in [1.82, 2.24) is 5.32 Å². The molecule has 2 aromatic carbocycles. The summed E-state index contributed by atoms with van der Waals surface area (Å²) in [5, 5.41) is 3.37. The summed E-state index contributed by atoms with van der Waals surface area (Å²) in [6, 6.07) is 13.9. The Kier molecular flexibility index (Phi) is 4.11. The van der Waals surface area contributed by atoms with Crippen LogP contribution in [0.3, 0.4) is 0 Å². The highest BCUT2D eigenvalue weighted by Crippen LogP contribution is 2.37. The number of benzene rings is 2. The van der Waals surface area contributed by atoms with Crippen LogP contribution in [0.25, 0.3) is 11.1 Å². The van der Waals surface area contributed by atoms with E-state index >= 15 is 0 Å². The van der Waals surface area contributed by atoms with Gasteiger partial charge in [0.05, 0.1) is 0 Å². The van der Waals surface area contributed by atoms with E-state index in [9.17, 15) is 4.79 Å². The molecule has 3 N–H and O–H groups in total. The number of hydrogen-bond acceptors (Lipinski definition) is 3. The number of nitrogens with one attached hydrogen (secondary N) is 1. The molecule has 1 aliphatic rings. The van der Waals surface area contributed by atoms with Gasteiger partial charge in [-0.05, 0) is 24.1 Å². The van der Waals surface area contributed by atoms with E-state index in [4.69, 9.17) is 5.73 Å². The quantitative estimate of drug-likeness (QED) is 0.912. The van der Waals surface area contributed by atoms with Gasteiger partial charge in [0.15, 0.2) is 0 Å². The third kappa shape index (κ3) is 2.70. The molecule has 0 radical (unpaired) electrons. The molecule has 1 amide bonds. The van der Waals surface area contributed by atoms with Gasteiger partial charge in [0.1, 0.15) is 0 Å².